The van der Waals surface area contributed by atoms with Crippen molar-refractivity contribution in [3.63, 3.8) is 0 Å². The van der Waals surface area contributed by atoms with Crippen LogP contribution in [0.25, 0.3) is 0 Å². The predicted octanol–water partition coefficient (Wildman–Crippen LogP) is 1.94. The van der Waals surface area contributed by atoms with Gasteiger partial charge in [-0.2, -0.15) is 5.10 Å². The molecule has 2 bridgehead atoms. The smallest absolute Gasteiger partial charge is 0.413 e. The van der Waals surface area contributed by atoms with Gasteiger partial charge in [0.25, 0.3) is 0 Å². The van der Waals surface area contributed by atoms with Crippen LogP contribution in [0.4, 0.5) is 10.6 Å². The number of piperidine rings is 1. The van der Waals surface area contributed by atoms with E-state index in [9.17, 15) is 4.79 Å². The SMILES string of the molecule is CC(C)(C)OC(=O)Nc1[nH]ncc1CNC1CCN2CCC1C2. The molecule has 1 aromatic rings. The second kappa shape index (κ2) is 6.49. The number of hydrogen-bond donors (Lipinski definition) is 3. The largest absolute Gasteiger partial charge is 0.444 e. The van der Waals surface area contributed by atoms with E-state index < -0.39 is 11.7 Å². The number of rotatable bonds is 4. The van der Waals surface area contributed by atoms with Crippen molar-refractivity contribution >= 4 is 11.9 Å². The minimum absolute atomic E-state index is 0.466. The number of nitrogens with one attached hydrogen (secondary N) is 3. The molecule has 0 radical (unpaired) electrons. The zero-order valence-corrected chi connectivity index (χ0v) is 14.2. The maximum absolute atomic E-state index is 11.9. The molecule has 2 aliphatic rings. The highest BCUT2D eigenvalue weighted by Crippen LogP contribution is 2.27. The number of hydrogen-bond acceptors (Lipinski definition) is 5. The molecule has 7 nitrogen and oxygen atoms in total. The molecule has 0 saturated carbocycles. The Kier molecular flexibility index (Phi) is 4.59. The van der Waals surface area contributed by atoms with Crippen molar-refractivity contribution in [3.8, 4) is 0 Å². The fourth-order valence-electron chi connectivity index (χ4n) is 3.42. The van der Waals surface area contributed by atoms with Crippen LogP contribution in [0.1, 0.15) is 39.2 Å². The minimum Gasteiger partial charge on any atom is -0.444 e. The third-order valence-electron chi connectivity index (χ3n) is 4.53. The van der Waals surface area contributed by atoms with Crippen LogP contribution in [-0.2, 0) is 11.3 Å². The van der Waals surface area contributed by atoms with Crippen LogP contribution >= 0.6 is 0 Å². The summed E-state index contributed by atoms with van der Waals surface area (Å²) in [7, 11) is 0. The van der Waals surface area contributed by atoms with Crippen LogP contribution in [0.3, 0.4) is 0 Å². The summed E-state index contributed by atoms with van der Waals surface area (Å²) >= 11 is 0. The Morgan fingerprint density at radius 2 is 2.22 bits per heavy atom. The van der Waals surface area contributed by atoms with E-state index in [1.807, 2.05) is 20.8 Å². The average Bonchev–Trinajstić information content (AvgIpc) is 3.04. The minimum atomic E-state index is -0.515. The molecular weight excluding hydrogens is 294 g/mol. The quantitative estimate of drug-likeness (QED) is 0.789. The second-order valence-electron chi connectivity index (χ2n) is 7.52. The predicted molar refractivity (Wildman–Crippen MR) is 88.2 cm³/mol. The Labute approximate surface area is 137 Å². The molecule has 3 rings (SSSR count). The van der Waals surface area contributed by atoms with Gasteiger partial charge in [-0.25, -0.2) is 4.79 Å². The number of aromatic nitrogens is 2. The standard InChI is InChI=1S/C16H27N5O2/c1-16(2,3)23-15(22)19-14-12(9-18-20-14)8-17-13-5-7-21-6-4-11(13)10-21/h9,11,13,17H,4-8,10H2,1-3H3,(H2,18,19,20,22). The Bertz CT molecular complexity index is 551. The number of anilines is 1. The Hall–Kier alpha value is -1.60. The van der Waals surface area contributed by atoms with Crippen molar-refractivity contribution in [2.75, 3.05) is 25.0 Å². The maximum atomic E-state index is 11.9. The Morgan fingerprint density at radius 1 is 1.43 bits per heavy atom. The van der Waals surface area contributed by atoms with Gasteiger partial charge in [-0.05, 0) is 52.6 Å². The summed E-state index contributed by atoms with van der Waals surface area (Å²) in [5.41, 5.74) is 0.440. The molecule has 23 heavy (non-hydrogen) atoms. The lowest BCUT2D eigenvalue weighted by atomic mass is 9.94. The highest BCUT2D eigenvalue weighted by molar-refractivity contribution is 5.84. The molecular formula is C16H27N5O2. The molecule has 3 unspecified atom stereocenters. The van der Waals surface area contributed by atoms with Crippen LogP contribution in [0.5, 0.6) is 0 Å². The van der Waals surface area contributed by atoms with Crippen molar-refractivity contribution in [3.05, 3.63) is 11.8 Å². The summed E-state index contributed by atoms with van der Waals surface area (Å²) in [6.07, 6.45) is 3.76. The lowest BCUT2D eigenvalue weighted by molar-refractivity contribution is 0.0635. The fraction of sp³-hybridized carbons (Fsp3) is 0.750. The van der Waals surface area contributed by atoms with Crippen molar-refractivity contribution in [1.29, 1.82) is 0 Å². The van der Waals surface area contributed by atoms with Gasteiger partial charge in [0.05, 0.1) is 6.20 Å². The van der Waals surface area contributed by atoms with Crippen LogP contribution in [0, 0.1) is 5.92 Å². The molecule has 1 amide bonds. The van der Waals surface area contributed by atoms with E-state index >= 15 is 0 Å². The molecule has 3 heterocycles. The highest BCUT2D eigenvalue weighted by atomic mass is 16.6. The fourth-order valence-corrected chi connectivity index (χ4v) is 3.42. The summed E-state index contributed by atoms with van der Waals surface area (Å²) in [6, 6.07) is 0.554. The van der Waals surface area contributed by atoms with E-state index in [0.29, 0.717) is 18.4 Å². The average molecular weight is 321 g/mol. The van der Waals surface area contributed by atoms with Crippen LogP contribution in [0.15, 0.2) is 6.20 Å². The van der Waals surface area contributed by atoms with Crippen LogP contribution < -0.4 is 10.6 Å². The number of H-pyrrole nitrogens is 1. The summed E-state index contributed by atoms with van der Waals surface area (Å²) in [5, 5.41) is 13.2. The van der Waals surface area contributed by atoms with E-state index in [1.54, 1.807) is 6.20 Å². The summed E-state index contributed by atoms with van der Waals surface area (Å²) in [6.45, 7) is 9.86. The normalized spacial score (nSPS) is 27.0. The van der Waals surface area contributed by atoms with Crippen LogP contribution in [0.2, 0.25) is 0 Å². The number of amides is 1. The van der Waals surface area contributed by atoms with Gasteiger partial charge < -0.3 is 15.0 Å². The van der Waals surface area contributed by atoms with Crippen molar-refractivity contribution < 1.29 is 9.53 Å². The summed E-state index contributed by atoms with van der Waals surface area (Å²) < 4.78 is 5.28. The molecule has 2 saturated heterocycles. The van der Waals surface area contributed by atoms with Gasteiger partial charge in [0.1, 0.15) is 11.4 Å². The molecule has 128 valence electrons. The molecule has 2 fully saturated rings. The molecule has 3 N–H and O–H groups in total. The topological polar surface area (TPSA) is 82.3 Å². The first-order chi connectivity index (χ1) is 10.9. The molecule has 3 atom stereocenters. The number of fused-ring (bicyclic) bond motifs is 2. The Morgan fingerprint density at radius 3 is 3.00 bits per heavy atom. The van der Waals surface area contributed by atoms with Gasteiger partial charge in [0.2, 0.25) is 0 Å². The zero-order valence-electron chi connectivity index (χ0n) is 14.2. The van der Waals surface area contributed by atoms with E-state index in [1.165, 1.54) is 32.5 Å². The van der Waals surface area contributed by atoms with Gasteiger partial charge in [-0.15, -0.1) is 0 Å². The first-order valence-electron chi connectivity index (χ1n) is 8.39. The van der Waals surface area contributed by atoms with Crippen molar-refractivity contribution in [2.24, 2.45) is 5.92 Å². The first-order valence-corrected chi connectivity index (χ1v) is 8.39. The number of nitrogens with zero attached hydrogens (tertiary/aromatic N) is 2. The number of carbonyl (C=O) groups is 1. The number of aromatic amines is 1. The van der Waals surface area contributed by atoms with Crippen molar-refractivity contribution in [1.82, 2.24) is 20.4 Å². The number of carbonyl (C=O) groups excluding carboxylic acids is 1. The van der Waals surface area contributed by atoms with E-state index in [4.69, 9.17) is 4.74 Å². The van der Waals surface area contributed by atoms with Gasteiger partial charge in [-0.3, -0.25) is 10.4 Å². The van der Waals surface area contributed by atoms with Gasteiger partial charge in [0.15, 0.2) is 0 Å². The highest BCUT2D eigenvalue weighted by Gasteiger charge is 2.33. The van der Waals surface area contributed by atoms with Crippen molar-refractivity contribution in [2.45, 2.75) is 51.8 Å². The maximum Gasteiger partial charge on any atom is 0.413 e. The van der Waals surface area contributed by atoms with E-state index in [-0.39, 0.29) is 0 Å². The Balaban J connectivity index is 1.53. The van der Waals surface area contributed by atoms with Gasteiger partial charge >= 0.3 is 6.09 Å². The third kappa shape index (κ3) is 4.23. The molecule has 1 aromatic heterocycles. The van der Waals surface area contributed by atoms with E-state index in [2.05, 4.69) is 25.7 Å². The van der Waals surface area contributed by atoms with E-state index in [0.717, 1.165) is 11.5 Å². The zero-order chi connectivity index (χ0) is 16.4. The monoisotopic (exact) mass is 321 g/mol. The first kappa shape index (κ1) is 16.3. The second-order valence-corrected chi connectivity index (χ2v) is 7.52. The lowest BCUT2D eigenvalue weighted by Crippen LogP contribution is -2.43. The molecule has 2 aliphatic heterocycles. The number of ether oxygens (including phenoxy) is 1. The molecule has 7 heteroatoms. The lowest BCUT2D eigenvalue weighted by Gasteiger charge is -2.31. The summed E-state index contributed by atoms with van der Waals surface area (Å²) in [5.74, 6) is 1.36. The molecule has 0 aromatic carbocycles. The summed E-state index contributed by atoms with van der Waals surface area (Å²) in [4.78, 5) is 14.4. The third-order valence-corrected chi connectivity index (χ3v) is 4.53. The van der Waals surface area contributed by atoms with Crippen LogP contribution in [-0.4, -0.2) is 52.5 Å². The molecule has 0 spiro atoms. The van der Waals surface area contributed by atoms with Gasteiger partial charge in [0, 0.05) is 24.7 Å². The molecule has 0 aliphatic carbocycles. The van der Waals surface area contributed by atoms with Gasteiger partial charge in [-0.1, -0.05) is 0 Å².